The van der Waals surface area contributed by atoms with Crippen molar-refractivity contribution in [3.05, 3.63) is 34.3 Å². The van der Waals surface area contributed by atoms with E-state index >= 15 is 0 Å². The molecule has 1 heteroatoms. The van der Waals surface area contributed by atoms with Crippen LogP contribution in [0.15, 0.2) is 23.2 Å². The van der Waals surface area contributed by atoms with Crippen LogP contribution in [0.3, 0.4) is 0 Å². The second-order valence-electron chi connectivity index (χ2n) is 3.93. The van der Waals surface area contributed by atoms with Crippen molar-refractivity contribution in [2.24, 2.45) is 4.99 Å². The van der Waals surface area contributed by atoms with Gasteiger partial charge in [-0.2, -0.15) is 0 Å². The van der Waals surface area contributed by atoms with Gasteiger partial charge in [-0.1, -0.05) is 24.3 Å². The molecule has 1 aromatic rings. The topological polar surface area (TPSA) is 12.4 Å². The Hall–Kier alpha value is -1.11. The van der Waals surface area contributed by atoms with Crippen LogP contribution < -0.4 is 10.6 Å². The molecule has 0 N–H and O–H groups in total. The van der Waals surface area contributed by atoms with Crippen molar-refractivity contribution in [1.82, 2.24) is 0 Å². The van der Waals surface area contributed by atoms with Crippen LogP contribution in [0, 0.1) is 0 Å². The predicted octanol–water partition coefficient (Wildman–Crippen LogP) is 1.37. The van der Waals surface area contributed by atoms with E-state index in [1.165, 1.54) is 29.0 Å². The normalized spacial score (nSPS) is 20.0. The van der Waals surface area contributed by atoms with Crippen molar-refractivity contribution < 1.29 is 0 Å². The molecular formula is C12H13N. The Morgan fingerprint density at radius 1 is 1.23 bits per heavy atom. The fourth-order valence-electron chi connectivity index (χ4n) is 2.05. The fraction of sp³-hybridized carbons (Fsp3) is 0.417. The van der Waals surface area contributed by atoms with Gasteiger partial charge in [-0.25, -0.2) is 0 Å². The summed E-state index contributed by atoms with van der Waals surface area (Å²) in [6.07, 6.45) is 6.16. The Balaban J connectivity index is 2.31. The van der Waals surface area contributed by atoms with Crippen molar-refractivity contribution in [2.75, 3.05) is 6.54 Å². The quantitative estimate of drug-likeness (QED) is 0.605. The molecule has 1 nitrogen and oxygen atoms in total. The summed E-state index contributed by atoms with van der Waals surface area (Å²) in [5.41, 5.74) is 1.49. The lowest BCUT2D eigenvalue weighted by Gasteiger charge is -2.04. The maximum Gasteiger partial charge on any atom is 0.0678 e. The summed E-state index contributed by atoms with van der Waals surface area (Å²) in [7, 11) is 0. The van der Waals surface area contributed by atoms with E-state index in [0.29, 0.717) is 0 Å². The first-order valence-electron chi connectivity index (χ1n) is 5.09. The maximum absolute atomic E-state index is 4.62. The molecule has 2 aliphatic rings. The molecule has 1 fully saturated rings. The van der Waals surface area contributed by atoms with Gasteiger partial charge in [0.05, 0.1) is 5.36 Å². The number of benzene rings is 1. The highest BCUT2D eigenvalue weighted by Crippen LogP contribution is 2.37. The number of para-hydroxylation sites is 1. The number of hydrogen-bond donors (Lipinski definition) is 0. The second kappa shape index (κ2) is 2.69. The molecule has 0 radical (unpaired) electrons. The zero-order valence-corrected chi connectivity index (χ0v) is 7.66. The van der Waals surface area contributed by atoms with Crippen molar-refractivity contribution in [3.63, 3.8) is 0 Å². The van der Waals surface area contributed by atoms with Crippen LogP contribution in [0.25, 0.3) is 6.08 Å². The summed E-state index contributed by atoms with van der Waals surface area (Å²) >= 11 is 0. The first kappa shape index (κ1) is 7.31. The minimum absolute atomic E-state index is 0.824. The zero-order chi connectivity index (χ0) is 8.67. The Bertz CT molecular complexity index is 441. The predicted molar refractivity (Wildman–Crippen MR) is 53.1 cm³/mol. The van der Waals surface area contributed by atoms with Crippen molar-refractivity contribution in [1.29, 1.82) is 0 Å². The molecule has 66 valence electrons. The van der Waals surface area contributed by atoms with E-state index in [-0.39, 0.29) is 0 Å². The zero-order valence-electron chi connectivity index (χ0n) is 7.66. The third-order valence-electron chi connectivity index (χ3n) is 2.88. The van der Waals surface area contributed by atoms with Gasteiger partial charge >= 0.3 is 0 Å². The number of nitrogens with zero attached hydrogens (tertiary/aromatic N) is 1. The van der Waals surface area contributed by atoms with Crippen LogP contribution in [0.2, 0.25) is 0 Å². The maximum atomic E-state index is 4.62. The third-order valence-corrected chi connectivity index (χ3v) is 2.88. The lowest BCUT2D eigenvalue weighted by atomic mass is 10.1. The highest BCUT2D eigenvalue weighted by molar-refractivity contribution is 5.32. The highest BCUT2D eigenvalue weighted by Gasteiger charge is 2.24. The van der Waals surface area contributed by atoms with Gasteiger partial charge < -0.3 is 0 Å². The van der Waals surface area contributed by atoms with Crippen molar-refractivity contribution >= 4 is 6.08 Å². The van der Waals surface area contributed by atoms with Gasteiger partial charge in [0.2, 0.25) is 0 Å². The standard InChI is InChI=1S/C12H13N/c1-3-10-4-2-8-13-12(10)11(5-1)9-6-7-9/h1,3-5,9H,2,6-8H2. The van der Waals surface area contributed by atoms with Gasteiger partial charge in [0.25, 0.3) is 0 Å². The van der Waals surface area contributed by atoms with Gasteiger partial charge in [0.15, 0.2) is 0 Å². The molecule has 0 amide bonds. The van der Waals surface area contributed by atoms with E-state index in [2.05, 4.69) is 29.3 Å². The molecule has 1 aliphatic heterocycles. The summed E-state index contributed by atoms with van der Waals surface area (Å²) in [4.78, 5) is 4.62. The van der Waals surface area contributed by atoms with Gasteiger partial charge in [-0.15, -0.1) is 0 Å². The average Bonchev–Trinajstić information content (AvgIpc) is 3.00. The molecule has 13 heavy (non-hydrogen) atoms. The van der Waals surface area contributed by atoms with Gasteiger partial charge in [-0.05, 0) is 36.0 Å². The molecule has 1 saturated carbocycles. The van der Waals surface area contributed by atoms with E-state index < -0.39 is 0 Å². The number of fused-ring (bicyclic) bond motifs is 1. The van der Waals surface area contributed by atoms with Gasteiger partial charge in [0, 0.05) is 6.54 Å². The van der Waals surface area contributed by atoms with Crippen molar-refractivity contribution in [3.8, 4) is 0 Å². The number of hydrogen-bond acceptors (Lipinski definition) is 1. The summed E-state index contributed by atoms with van der Waals surface area (Å²) < 4.78 is 0. The van der Waals surface area contributed by atoms with Crippen LogP contribution in [0.5, 0.6) is 0 Å². The van der Waals surface area contributed by atoms with Crippen LogP contribution in [-0.2, 0) is 0 Å². The largest absolute Gasteiger partial charge is 0.284 e. The first-order chi connectivity index (χ1) is 6.45. The first-order valence-corrected chi connectivity index (χ1v) is 5.09. The van der Waals surface area contributed by atoms with Crippen LogP contribution in [0.1, 0.15) is 30.7 Å². The average molecular weight is 171 g/mol. The fourth-order valence-corrected chi connectivity index (χ4v) is 2.05. The molecule has 0 aromatic heterocycles. The molecule has 0 unspecified atom stereocenters. The van der Waals surface area contributed by atoms with Gasteiger partial charge in [-0.3, -0.25) is 4.99 Å². The molecule has 0 saturated heterocycles. The Morgan fingerprint density at radius 2 is 2.15 bits per heavy atom. The minimum Gasteiger partial charge on any atom is -0.284 e. The smallest absolute Gasteiger partial charge is 0.0678 e. The van der Waals surface area contributed by atoms with Crippen LogP contribution in [-0.4, -0.2) is 6.54 Å². The Morgan fingerprint density at radius 3 is 3.00 bits per heavy atom. The lowest BCUT2D eigenvalue weighted by molar-refractivity contribution is 0.931. The van der Waals surface area contributed by atoms with Crippen molar-refractivity contribution in [2.45, 2.75) is 25.2 Å². The second-order valence-corrected chi connectivity index (χ2v) is 3.93. The molecule has 1 aliphatic carbocycles. The summed E-state index contributed by atoms with van der Waals surface area (Å²) in [6.45, 7) is 0.983. The SMILES string of the molecule is C1=c2cccc(C3CC3)c2=NCC1. The molecule has 3 rings (SSSR count). The summed E-state index contributed by atoms with van der Waals surface area (Å²) in [6, 6.07) is 6.60. The number of rotatable bonds is 1. The van der Waals surface area contributed by atoms with E-state index in [4.69, 9.17) is 0 Å². The Labute approximate surface area is 77.8 Å². The minimum atomic E-state index is 0.824. The van der Waals surface area contributed by atoms with Gasteiger partial charge in [0.1, 0.15) is 0 Å². The lowest BCUT2D eigenvalue weighted by Crippen LogP contribution is -2.31. The van der Waals surface area contributed by atoms with Crippen LogP contribution >= 0.6 is 0 Å². The summed E-state index contributed by atoms with van der Waals surface area (Å²) in [5.74, 6) is 0.824. The molecular weight excluding hydrogens is 158 g/mol. The van der Waals surface area contributed by atoms with E-state index in [1.54, 1.807) is 0 Å². The molecule has 0 bridgehead atoms. The molecule has 0 spiro atoms. The van der Waals surface area contributed by atoms with E-state index in [9.17, 15) is 0 Å². The summed E-state index contributed by atoms with van der Waals surface area (Å²) in [5, 5.41) is 2.65. The molecule has 0 atom stereocenters. The Kier molecular flexibility index (Phi) is 1.51. The third kappa shape index (κ3) is 1.19. The molecule has 1 heterocycles. The van der Waals surface area contributed by atoms with Crippen LogP contribution in [0.4, 0.5) is 0 Å². The van der Waals surface area contributed by atoms with E-state index in [1.807, 2.05) is 0 Å². The monoisotopic (exact) mass is 171 g/mol. The van der Waals surface area contributed by atoms with E-state index in [0.717, 1.165) is 18.9 Å². The molecule has 1 aromatic carbocycles. The highest BCUT2D eigenvalue weighted by atomic mass is 14.7.